The van der Waals surface area contributed by atoms with E-state index in [2.05, 4.69) is 44.7 Å². The maximum absolute atomic E-state index is 5.99. The summed E-state index contributed by atoms with van der Waals surface area (Å²) in [6.07, 6.45) is 0.629. The van der Waals surface area contributed by atoms with Crippen LogP contribution < -0.4 is 0 Å². The molecule has 0 aliphatic carbocycles. The molecule has 0 saturated heterocycles. The number of benzene rings is 2. The average Bonchev–Trinajstić information content (AvgIpc) is 3.27. The summed E-state index contributed by atoms with van der Waals surface area (Å²) in [5.74, 6) is 1.46. The van der Waals surface area contributed by atoms with Crippen LogP contribution in [0.15, 0.2) is 52.9 Å². The molecular formula is C18H15ClN6O. The summed E-state index contributed by atoms with van der Waals surface area (Å²) in [5.41, 5.74) is 3.14. The smallest absolute Gasteiger partial charge is 0.247 e. The molecule has 0 amide bonds. The van der Waals surface area contributed by atoms with E-state index in [-0.39, 0.29) is 6.54 Å². The van der Waals surface area contributed by atoms with Gasteiger partial charge >= 0.3 is 0 Å². The Labute approximate surface area is 154 Å². The van der Waals surface area contributed by atoms with E-state index in [1.165, 1.54) is 15.9 Å². The Morgan fingerprint density at radius 3 is 2.77 bits per heavy atom. The zero-order valence-corrected chi connectivity index (χ0v) is 14.8. The van der Waals surface area contributed by atoms with Crippen molar-refractivity contribution in [2.75, 3.05) is 0 Å². The van der Waals surface area contributed by atoms with Crippen LogP contribution in [0.5, 0.6) is 0 Å². The van der Waals surface area contributed by atoms with Gasteiger partial charge in [-0.15, -0.1) is 20.4 Å². The van der Waals surface area contributed by atoms with Crippen molar-refractivity contribution in [1.82, 2.24) is 30.4 Å². The zero-order chi connectivity index (χ0) is 17.9. The van der Waals surface area contributed by atoms with Crippen molar-refractivity contribution in [2.24, 2.45) is 0 Å². The fourth-order valence-electron chi connectivity index (χ4n) is 2.57. The van der Waals surface area contributed by atoms with Crippen LogP contribution in [0.2, 0.25) is 5.02 Å². The van der Waals surface area contributed by atoms with E-state index in [1.54, 1.807) is 12.1 Å². The minimum Gasteiger partial charge on any atom is -0.419 e. The number of aromatic nitrogens is 6. The molecule has 0 fully saturated rings. The molecular weight excluding hydrogens is 352 g/mol. The summed E-state index contributed by atoms with van der Waals surface area (Å²) in [5, 5.41) is 21.2. The SMILES string of the molecule is Cc1ccccc1Cc1nnn(Cc2nnc(-c3cccc(Cl)c3)o2)n1. The van der Waals surface area contributed by atoms with E-state index < -0.39 is 0 Å². The number of aryl methyl sites for hydroxylation is 1. The summed E-state index contributed by atoms with van der Waals surface area (Å²) in [4.78, 5) is 1.45. The lowest BCUT2D eigenvalue weighted by atomic mass is 10.1. The Morgan fingerprint density at radius 2 is 1.92 bits per heavy atom. The number of nitrogens with zero attached hydrogens (tertiary/aromatic N) is 6. The molecule has 0 aliphatic rings. The van der Waals surface area contributed by atoms with Gasteiger partial charge in [0.05, 0.1) is 0 Å². The van der Waals surface area contributed by atoms with Gasteiger partial charge in [-0.1, -0.05) is 41.9 Å². The molecule has 2 aromatic heterocycles. The lowest BCUT2D eigenvalue weighted by Gasteiger charge is -2.00. The fraction of sp³-hybridized carbons (Fsp3) is 0.167. The molecule has 26 heavy (non-hydrogen) atoms. The van der Waals surface area contributed by atoms with Gasteiger partial charge in [-0.25, -0.2) is 0 Å². The van der Waals surface area contributed by atoms with Crippen molar-refractivity contribution in [3.05, 3.63) is 76.4 Å². The third-order valence-electron chi connectivity index (χ3n) is 3.92. The van der Waals surface area contributed by atoms with Gasteiger partial charge < -0.3 is 4.42 Å². The van der Waals surface area contributed by atoms with Gasteiger partial charge in [0.2, 0.25) is 11.8 Å². The highest BCUT2D eigenvalue weighted by atomic mass is 35.5. The summed E-state index contributed by atoms with van der Waals surface area (Å²) in [6, 6.07) is 15.4. The summed E-state index contributed by atoms with van der Waals surface area (Å²) >= 11 is 5.99. The molecule has 0 unspecified atom stereocenters. The minimum absolute atomic E-state index is 0.258. The number of tetrazole rings is 1. The van der Waals surface area contributed by atoms with Crippen LogP contribution in [0.25, 0.3) is 11.5 Å². The number of hydrogen-bond donors (Lipinski definition) is 0. The highest BCUT2D eigenvalue weighted by molar-refractivity contribution is 6.30. The lowest BCUT2D eigenvalue weighted by molar-refractivity contribution is 0.446. The molecule has 0 bridgehead atoms. The second-order valence-corrected chi connectivity index (χ2v) is 6.29. The maximum Gasteiger partial charge on any atom is 0.247 e. The van der Waals surface area contributed by atoms with Gasteiger partial charge in [-0.05, 0) is 41.5 Å². The Morgan fingerprint density at radius 1 is 1.04 bits per heavy atom. The van der Waals surface area contributed by atoms with Crippen LogP contribution in [0, 0.1) is 6.92 Å². The minimum atomic E-state index is 0.258. The predicted molar refractivity (Wildman–Crippen MR) is 95.6 cm³/mol. The normalized spacial score (nSPS) is 11.0. The Hall–Kier alpha value is -3.06. The number of hydrogen-bond acceptors (Lipinski definition) is 6. The third kappa shape index (κ3) is 3.62. The van der Waals surface area contributed by atoms with Gasteiger partial charge in [0.25, 0.3) is 0 Å². The van der Waals surface area contributed by atoms with E-state index in [1.807, 2.05) is 24.3 Å². The predicted octanol–water partition coefficient (Wildman–Crippen LogP) is 3.32. The van der Waals surface area contributed by atoms with Gasteiger partial charge in [-0.3, -0.25) is 0 Å². The Bertz CT molecular complexity index is 1040. The van der Waals surface area contributed by atoms with E-state index in [0.29, 0.717) is 29.0 Å². The van der Waals surface area contributed by atoms with E-state index in [0.717, 1.165) is 5.56 Å². The van der Waals surface area contributed by atoms with Crippen LogP contribution in [0.1, 0.15) is 22.8 Å². The molecule has 130 valence electrons. The molecule has 2 aromatic carbocycles. The molecule has 7 nitrogen and oxygen atoms in total. The number of halogens is 1. The van der Waals surface area contributed by atoms with Crippen molar-refractivity contribution in [1.29, 1.82) is 0 Å². The van der Waals surface area contributed by atoms with Gasteiger partial charge in [0.15, 0.2) is 5.82 Å². The van der Waals surface area contributed by atoms with Gasteiger partial charge in [-0.2, -0.15) is 4.80 Å². The Kier molecular flexibility index (Phi) is 4.45. The molecule has 0 aliphatic heterocycles. The van der Waals surface area contributed by atoms with Crippen LogP contribution in [0.4, 0.5) is 0 Å². The molecule has 4 rings (SSSR count). The first kappa shape index (κ1) is 16.4. The van der Waals surface area contributed by atoms with Crippen LogP contribution >= 0.6 is 11.6 Å². The fourth-order valence-corrected chi connectivity index (χ4v) is 2.76. The molecule has 0 radical (unpaired) electrons. The topological polar surface area (TPSA) is 82.5 Å². The van der Waals surface area contributed by atoms with E-state index in [9.17, 15) is 0 Å². The zero-order valence-electron chi connectivity index (χ0n) is 14.0. The summed E-state index contributed by atoms with van der Waals surface area (Å²) in [7, 11) is 0. The largest absolute Gasteiger partial charge is 0.419 e. The van der Waals surface area contributed by atoms with Crippen LogP contribution in [-0.4, -0.2) is 30.4 Å². The van der Waals surface area contributed by atoms with Crippen LogP contribution in [-0.2, 0) is 13.0 Å². The first-order valence-corrected chi connectivity index (χ1v) is 8.45. The van der Waals surface area contributed by atoms with Crippen molar-refractivity contribution >= 4 is 11.6 Å². The molecule has 0 N–H and O–H groups in total. The van der Waals surface area contributed by atoms with Crippen molar-refractivity contribution in [3.8, 4) is 11.5 Å². The molecule has 0 atom stereocenters. The van der Waals surface area contributed by atoms with E-state index >= 15 is 0 Å². The first-order valence-electron chi connectivity index (χ1n) is 8.07. The number of rotatable bonds is 5. The Balaban J connectivity index is 1.47. The van der Waals surface area contributed by atoms with Crippen molar-refractivity contribution in [2.45, 2.75) is 19.9 Å². The summed E-state index contributed by atoms with van der Waals surface area (Å²) < 4.78 is 5.67. The lowest BCUT2D eigenvalue weighted by Crippen LogP contribution is -2.05. The first-order chi connectivity index (χ1) is 12.7. The monoisotopic (exact) mass is 366 g/mol. The van der Waals surface area contributed by atoms with Gasteiger partial charge in [0, 0.05) is 17.0 Å². The standard InChI is InChI=1S/C18H15ClN6O/c1-12-5-2-3-6-13(12)10-16-20-24-25(23-16)11-17-21-22-18(26-17)14-7-4-8-15(19)9-14/h2-9H,10-11H2,1H3. The molecule has 0 saturated carbocycles. The maximum atomic E-state index is 5.99. The van der Waals surface area contributed by atoms with Crippen LogP contribution in [0.3, 0.4) is 0 Å². The second kappa shape index (κ2) is 7.05. The summed E-state index contributed by atoms with van der Waals surface area (Å²) in [6.45, 7) is 2.32. The molecule has 2 heterocycles. The van der Waals surface area contributed by atoms with Gasteiger partial charge in [0.1, 0.15) is 6.54 Å². The molecule has 0 spiro atoms. The average molecular weight is 367 g/mol. The highest BCUT2D eigenvalue weighted by Crippen LogP contribution is 2.21. The third-order valence-corrected chi connectivity index (χ3v) is 4.15. The molecule has 4 aromatic rings. The highest BCUT2D eigenvalue weighted by Gasteiger charge is 2.12. The van der Waals surface area contributed by atoms with Crippen molar-refractivity contribution < 1.29 is 4.42 Å². The second-order valence-electron chi connectivity index (χ2n) is 5.85. The van der Waals surface area contributed by atoms with Crippen molar-refractivity contribution in [3.63, 3.8) is 0 Å². The quantitative estimate of drug-likeness (QED) is 0.538. The van der Waals surface area contributed by atoms with E-state index in [4.69, 9.17) is 16.0 Å². The molecule has 8 heteroatoms.